The fraction of sp³-hybridized carbons (Fsp3) is 0.500. The Morgan fingerprint density at radius 1 is 0.968 bits per heavy atom. The molecule has 2 saturated heterocycles. The maximum atomic E-state index is 13.5. The number of halogens is 4. The average Bonchev–Trinajstić information content (AvgIpc) is 2.72. The van der Waals surface area contributed by atoms with Crippen molar-refractivity contribution in [2.75, 3.05) is 32.8 Å². The van der Waals surface area contributed by atoms with E-state index in [1.54, 1.807) is 6.07 Å². The summed E-state index contributed by atoms with van der Waals surface area (Å²) in [5, 5.41) is 10.0. The first-order valence-electron chi connectivity index (χ1n) is 10.9. The van der Waals surface area contributed by atoms with Crippen LogP contribution < -0.4 is 0 Å². The van der Waals surface area contributed by atoms with Gasteiger partial charge < -0.3 is 10.0 Å². The van der Waals surface area contributed by atoms with Crippen molar-refractivity contribution in [3.8, 4) is 11.1 Å². The molecule has 2 aliphatic heterocycles. The lowest BCUT2D eigenvalue weighted by molar-refractivity contribution is -0.140. The zero-order chi connectivity index (χ0) is 22.0. The van der Waals surface area contributed by atoms with Crippen LogP contribution in [0.25, 0.3) is 11.1 Å². The predicted molar refractivity (Wildman–Crippen MR) is 112 cm³/mol. The van der Waals surface area contributed by atoms with Gasteiger partial charge in [0.05, 0.1) is 13.0 Å². The third kappa shape index (κ3) is 5.10. The standard InChI is InChI=1S/C24H28F4N2O/c25-20-5-3-4-19(14-20)17-6-8-18(9-7-17)23-21-15-29(13-10-24(26,27)28)11-1-2-12-30(21)22(23)16-31/h3-9,14,21-23,31H,1-2,10-13,15-16H2. The van der Waals surface area contributed by atoms with E-state index in [9.17, 15) is 22.7 Å². The topological polar surface area (TPSA) is 26.7 Å². The van der Waals surface area contributed by atoms with Gasteiger partial charge in [-0.2, -0.15) is 13.2 Å². The van der Waals surface area contributed by atoms with Gasteiger partial charge in [-0.05, 0) is 54.8 Å². The number of hydrogen-bond acceptors (Lipinski definition) is 3. The molecule has 3 nitrogen and oxygen atoms in total. The highest BCUT2D eigenvalue weighted by Gasteiger charge is 2.49. The van der Waals surface area contributed by atoms with E-state index in [2.05, 4.69) is 4.90 Å². The Kier molecular flexibility index (Phi) is 6.65. The third-order valence-electron chi connectivity index (χ3n) is 6.62. The summed E-state index contributed by atoms with van der Waals surface area (Å²) in [5.41, 5.74) is 2.77. The number of fused-ring (bicyclic) bond motifs is 1. The summed E-state index contributed by atoms with van der Waals surface area (Å²) in [6.07, 6.45) is -3.16. The zero-order valence-corrected chi connectivity index (χ0v) is 17.4. The summed E-state index contributed by atoms with van der Waals surface area (Å²) < 4.78 is 51.8. The number of alkyl halides is 3. The van der Waals surface area contributed by atoms with Gasteiger partial charge in [0, 0.05) is 31.1 Å². The Hall–Kier alpha value is -1.96. The molecule has 7 heteroatoms. The van der Waals surface area contributed by atoms with Crippen molar-refractivity contribution in [2.24, 2.45) is 0 Å². The van der Waals surface area contributed by atoms with Gasteiger partial charge in [0.2, 0.25) is 0 Å². The molecular formula is C24H28F4N2O. The second-order valence-corrected chi connectivity index (χ2v) is 8.59. The fourth-order valence-corrected chi connectivity index (χ4v) is 5.07. The average molecular weight is 436 g/mol. The minimum atomic E-state index is -4.15. The molecular weight excluding hydrogens is 408 g/mol. The number of benzene rings is 2. The Bertz CT molecular complexity index is 871. The largest absolute Gasteiger partial charge is 0.395 e. The molecule has 3 unspecified atom stereocenters. The Morgan fingerprint density at radius 3 is 2.39 bits per heavy atom. The molecule has 31 heavy (non-hydrogen) atoms. The van der Waals surface area contributed by atoms with E-state index in [1.165, 1.54) is 12.1 Å². The van der Waals surface area contributed by atoms with Gasteiger partial charge in [-0.25, -0.2) is 4.39 Å². The summed E-state index contributed by atoms with van der Waals surface area (Å²) in [4.78, 5) is 4.18. The molecule has 2 heterocycles. The van der Waals surface area contributed by atoms with Crippen LogP contribution in [0.15, 0.2) is 48.5 Å². The first-order valence-corrected chi connectivity index (χ1v) is 10.9. The SMILES string of the molecule is OCC1C(c2ccc(-c3cccc(F)c3)cc2)C2CN(CCC(F)(F)F)CCCCN12. The van der Waals surface area contributed by atoms with Crippen molar-refractivity contribution in [1.29, 1.82) is 0 Å². The second-order valence-electron chi connectivity index (χ2n) is 8.59. The normalized spacial score (nSPS) is 25.4. The van der Waals surface area contributed by atoms with Crippen LogP contribution in [0.4, 0.5) is 17.6 Å². The Labute approximate surface area is 180 Å². The van der Waals surface area contributed by atoms with Crippen molar-refractivity contribution in [3.63, 3.8) is 0 Å². The molecule has 0 radical (unpaired) electrons. The van der Waals surface area contributed by atoms with Crippen LogP contribution in [-0.2, 0) is 0 Å². The number of aliphatic hydroxyl groups excluding tert-OH is 1. The first-order chi connectivity index (χ1) is 14.9. The van der Waals surface area contributed by atoms with Crippen LogP contribution in [0.3, 0.4) is 0 Å². The summed E-state index contributed by atoms with van der Waals surface area (Å²) in [7, 11) is 0. The van der Waals surface area contributed by atoms with Crippen LogP contribution in [0, 0.1) is 5.82 Å². The molecule has 2 aromatic carbocycles. The van der Waals surface area contributed by atoms with Crippen LogP contribution in [0.2, 0.25) is 0 Å². The summed E-state index contributed by atoms with van der Waals surface area (Å²) in [6.45, 7) is 2.15. The summed E-state index contributed by atoms with van der Waals surface area (Å²) in [5.74, 6) is -0.219. The van der Waals surface area contributed by atoms with E-state index in [1.807, 2.05) is 35.2 Å². The van der Waals surface area contributed by atoms with Gasteiger partial charge in [0.15, 0.2) is 0 Å². The van der Waals surface area contributed by atoms with Gasteiger partial charge in [-0.1, -0.05) is 36.4 Å². The van der Waals surface area contributed by atoms with E-state index in [-0.39, 0.29) is 37.0 Å². The van der Waals surface area contributed by atoms with E-state index in [0.29, 0.717) is 13.1 Å². The maximum Gasteiger partial charge on any atom is 0.390 e. The van der Waals surface area contributed by atoms with Gasteiger partial charge >= 0.3 is 6.18 Å². The molecule has 2 aromatic rings. The number of hydrogen-bond donors (Lipinski definition) is 1. The molecule has 2 fully saturated rings. The highest BCUT2D eigenvalue weighted by molar-refractivity contribution is 5.63. The molecule has 0 aromatic heterocycles. The van der Waals surface area contributed by atoms with Crippen molar-refractivity contribution in [2.45, 2.75) is 43.4 Å². The second kappa shape index (κ2) is 9.27. The van der Waals surface area contributed by atoms with Crippen molar-refractivity contribution >= 4 is 0 Å². The summed E-state index contributed by atoms with van der Waals surface area (Å²) in [6, 6.07) is 14.4. The highest BCUT2D eigenvalue weighted by Crippen LogP contribution is 2.42. The lowest BCUT2D eigenvalue weighted by Crippen LogP contribution is -2.67. The van der Waals surface area contributed by atoms with E-state index < -0.39 is 12.6 Å². The van der Waals surface area contributed by atoms with E-state index in [4.69, 9.17) is 0 Å². The van der Waals surface area contributed by atoms with Crippen molar-refractivity contribution in [1.82, 2.24) is 9.80 Å². The Morgan fingerprint density at radius 2 is 1.71 bits per heavy atom. The molecule has 0 aliphatic carbocycles. The van der Waals surface area contributed by atoms with E-state index in [0.717, 1.165) is 36.1 Å². The maximum absolute atomic E-state index is 13.5. The highest BCUT2D eigenvalue weighted by atomic mass is 19.4. The quantitative estimate of drug-likeness (QED) is 0.690. The number of aliphatic hydroxyl groups is 1. The van der Waals surface area contributed by atoms with Crippen molar-refractivity contribution in [3.05, 3.63) is 59.9 Å². The molecule has 0 spiro atoms. The van der Waals surface area contributed by atoms with Crippen molar-refractivity contribution < 1.29 is 22.7 Å². The lowest BCUT2D eigenvalue weighted by atomic mass is 9.74. The van der Waals surface area contributed by atoms with Gasteiger partial charge in [-0.15, -0.1) is 0 Å². The van der Waals surface area contributed by atoms with Gasteiger partial charge in [0.1, 0.15) is 5.82 Å². The van der Waals surface area contributed by atoms with E-state index >= 15 is 0 Å². The molecule has 4 rings (SSSR count). The minimum absolute atomic E-state index is 0.0167. The molecule has 0 saturated carbocycles. The molecule has 0 bridgehead atoms. The zero-order valence-electron chi connectivity index (χ0n) is 17.4. The predicted octanol–water partition coefficient (Wildman–Crippen LogP) is 4.67. The first kappa shape index (κ1) is 22.2. The van der Waals surface area contributed by atoms with Crippen LogP contribution in [0.5, 0.6) is 0 Å². The minimum Gasteiger partial charge on any atom is -0.395 e. The van der Waals surface area contributed by atoms with Crippen LogP contribution in [-0.4, -0.2) is 66.0 Å². The molecule has 2 aliphatic rings. The Balaban J connectivity index is 1.52. The molecule has 0 amide bonds. The fourth-order valence-electron chi connectivity index (χ4n) is 5.07. The lowest BCUT2D eigenvalue weighted by Gasteiger charge is -2.57. The third-order valence-corrected chi connectivity index (χ3v) is 6.62. The van der Waals surface area contributed by atoms with Crippen LogP contribution in [0.1, 0.15) is 30.7 Å². The monoisotopic (exact) mass is 436 g/mol. The number of nitrogens with zero attached hydrogens (tertiary/aromatic N) is 2. The van der Waals surface area contributed by atoms with Gasteiger partial charge in [0.25, 0.3) is 0 Å². The summed E-state index contributed by atoms with van der Waals surface area (Å²) >= 11 is 0. The molecule has 1 N–H and O–H groups in total. The van der Waals surface area contributed by atoms with Gasteiger partial charge in [-0.3, -0.25) is 4.90 Å². The number of rotatable bonds is 5. The van der Waals surface area contributed by atoms with Crippen LogP contribution >= 0.6 is 0 Å². The smallest absolute Gasteiger partial charge is 0.390 e. The molecule has 3 atom stereocenters. The molecule has 168 valence electrons.